The van der Waals surface area contributed by atoms with Crippen molar-refractivity contribution in [2.75, 3.05) is 0 Å². The number of rotatable bonds is 6. The predicted octanol–water partition coefficient (Wildman–Crippen LogP) is 3.96. The Kier molecular flexibility index (Phi) is 5.28. The van der Waals surface area contributed by atoms with Crippen molar-refractivity contribution in [3.8, 4) is 0 Å². The summed E-state index contributed by atoms with van der Waals surface area (Å²) in [6, 6.07) is 0. The molecule has 0 N–H and O–H groups in total. The second kappa shape index (κ2) is 5.49. The Morgan fingerprint density at radius 2 is 1.93 bits per heavy atom. The molecule has 0 aromatic heterocycles. The molecule has 0 aromatic rings. The first kappa shape index (κ1) is 14.4. The fourth-order valence-corrected chi connectivity index (χ4v) is 2.13. The van der Waals surface area contributed by atoms with Crippen LogP contribution in [0.15, 0.2) is 12.8 Å². The van der Waals surface area contributed by atoms with Crippen molar-refractivity contribution in [3.63, 3.8) is 0 Å². The summed E-state index contributed by atoms with van der Waals surface area (Å²) >= 11 is 0. The van der Waals surface area contributed by atoms with Gasteiger partial charge in [-0.05, 0) is 17.9 Å². The highest BCUT2D eigenvalue weighted by atomic mass is 28.3. The van der Waals surface area contributed by atoms with Gasteiger partial charge in [0.1, 0.15) is 0 Å². The van der Waals surface area contributed by atoms with E-state index in [1.165, 1.54) is 6.26 Å². The van der Waals surface area contributed by atoms with Crippen LogP contribution >= 0.6 is 0 Å². The minimum atomic E-state index is -1.15. The molecule has 0 aliphatic rings. The summed E-state index contributed by atoms with van der Waals surface area (Å²) in [6.07, 6.45) is 3.70. The largest absolute Gasteiger partial charge is 0.435 e. The quantitative estimate of drug-likeness (QED) is 0.391. The Morgan fingerprint density at radius 1 is 1.40 bits per heavy atom. The van der Waals surface area contributed by atoms with Gasteiger partial charge in [0, 0.05) is 14.5 Å². The van der Waals surface area contributed by atoms with Gasteiger partial charge in [-0.1, -0.05) is 40.1 Å². The molecule has 0 atom stereocenters. The third-order valence-electron chi connectivity index (χ3n) is 3.43. The normalized spacial score (nSPS) is 12.3. The molecule has 0 fully saturated rings. The lowest BCUT2D eigenvalue weighted by Gasteiger charge is -2.37. The molecule has 0 heterocycles. The van der Waals surface area contributed by atoms with Gasteiger partial charge in [0.25, 0.3) is 0 Å². The van der Waals surface area contributed by atoms with Crippen molar-refractivity contribution in [3.05, 3.63) is 12.8 Å². The maximum Gasteiger partial charge on any atom is 0.310 e. The summed E-state index contributed by atoms with van der Waals surface area (Å²) in [5, 5.41) is 0.376. The van der Waals surface area contributed by atoms with Crippen LogP contribution in [0, 0.1) is 0 Å². The summed E-state index contributed by atoms with van der Waals surface area (Å²) in [7, 11) is -1.15. The Balaban J connectivity index is 3.96. The van der Waals surface area contributed by atoms with Crippen molar-refractivity contribution in [1.82, 2.24) is 0 Å². The highest BCUT2D eigenvalue weighted by Gasteiger charge is 2.33. The molecular weight excluding hydrogens is 204 g/mol. The summed E-state index contributed by atoms with van der Waals surface area (Å²) in [5.41, 5.74) is 0. The number of carbonyl (C=O) groups excluding carboxylic acids is 1. The SMILES string of the molecule is C=COC(=O)CCCC(C)(C)[Si](C)(C)C. The van der Waals surface area contributed by atoms with Crippen LogP contribution in [-0.4, -0.2) is 14.0 Å². The molecule has 2 nitrogen and oxygen atoms in total. The molecule has 0 aliphatic carbocycles. The molecule has 3 heteroatoms. The molecule has 0 rings (SSSR count). The van der Waals surface area contributed by atoms with Crippen molar-refractivity contribution >= 4 is 14.0 Å². The highest BCUT2D eigenvalue weighted by molar-refractivity contribution is 6.78. The maximum atomic E-state index is 11.1. The van der Waals surface area contributed by atoms with E-state index in [1.807, 2.05) is 0 Å². The summed E-state index contributed by atoms with van der Waals surface area (Å²) < 4.78 is 4.68. The molecule has 0 spiro atoms. The Hall–Kier alpha value is -0.573. The summed E-state index contributed by atoms with van der Waals surface area (Å²) in [5.74, 6) is -0.170. The van der Waals surface area contributed by atoms with Crippen molar-refractivity contribution in [1.29, 1.82) is 0 Å². The van der Waals surface area contributed by atoms with E-state index in [2.05, 4.69) is 44.8 Å². The van der Waals surface area contributed by atoms with Crippen LogP contribution in [0.2, 0.25) is 24.7 Å². The van der Waals surface area contributed by atoms with E-state index >= 15 is 0 Å². The van der Waals surface area contributed by atoms with Crippen molar-refractivity contribution in [2.45, 2.75) is 57.8 Å². The number of ether oxygens (including phenoxy) is 1. The average Bonchev–Trinajstić information content (AvgIpc) is 2.01. The number of esters is 1. The summed E-state index contributed by atoms with van der Waals surface area (Å²) in [4.78, 5) is 11.1. The molecular formula is C12H24O2Si. The van der Waals surface area contributed by atoms with Crippen molar-refractivity contribution < 1.29 is 9.53 Å². The molecule has 0 saturated carbocycles. The first-order valence-electron chi connectivity index (χ1n) is 5.51. The molecule has 0 amide bonds. The molecule has 15 heavy (non-hydrogen) atoms. The van der Waals surface area contributed by atoms with Crippen LogP contribution in [0.1, 0.15) is 33.1 Å². The molecule has 0 saturated heterocycles. The highest BCUT2D eigenvalue weighted by Crippen LogP contribution is 2.41. The third kappa shape index (κ3) is 5.16. The van der Waals surface area contributed by atoms with E-state index in [0.29, 0.717) is 11.5 Å². The first-order chi connectivity index (χ1) is 6.70. The fourth-order valence-electron chi connectivity index (χ4n) is 1.20. The monoisotopic (exact) mass is 228 g/mol. The van der Waals surface area contributed by atoms with E-state index in [4.69, 9.17) is 0 Å². The van der Waals surface area contributed by atoms with Gasteiger partial charge in [0.05, 0.1) is 6.26 Å². The second-order valence-electron chi connectivity index (χ2n) is 5.64. The number of hydrogen-bond acceptors (Lipinski definition) is 2. The smallest absolute Gasteiger partial charge is 0.310 e. The molecule has 0 unspecified atom stereocenters. The lowest BCUT2D eigenvalue weighted by Crippen LogP contribution is -2.35. The van der Waals surface area contributed by atoms with Crippen LogP contribution in [-0.2, 0) is 9.53 Å². The van der Waals surface area contributed by atoms with Gasteiger partial charge in [0.15, 0.2) is 0 Å². The van der Waals surface area contributed by atoms with Gasteiger partial charge in [-0.25, -0.2) is 0 Å². The Labute approximate surface area is 94.7 Å². The molecule has 0 aromatic carbocycles. The second-order valence-corrected chi connectivity index (χ2v) is 11.5. The maximum absolute atomic E-state index is 11.1. The van der Waals surface area contributed by atoms with E-state index in [9.17, 15) is 4.79 Å². The number of carbonyl (C=O) groups is 1. The van der Waals surface area contributed by atoms with E-state index in [0.717, 1.165) is 12.8 Å². The van der Waals surface area contributed by atoms with E-state index in [-0.39, 0.29) is 5.97 Å². The van der Waals surface area contributed by atoms with Crippen LogP contribution in [0.3, 0.4) is 0 Å². The van der Waals surface area contributed by atoms with E-state index in [1.54, 1.807) is 0 Å². The van der Waals surface area contributed by atoms with Gasteiger partial charge in [-0.2, -0.15) is 0 Å². The fraction of sp³-hybridized carbons (Fsp3) is 0.750. The lowest BCUT2D eigenvalue weighted by atomic mass is 10.1. The average molecular weight is 228 g/mol. The standard InChI is InChI=1S/C12H24O2Si/c1-7-14-11(13)9-8-10-12(2,3)15(4,5)6/h7H,1,8-10H2,2-6H3. The van der Waals surface area contributed by atoms with E-state index < -0.39 is 8.07 Å². The summed E-state index contributed by atoms with van der Waals surface area (Å²) in [6.45, 7) is 15.1. The van der Waals surface area contributed by atoms with Crippen LogP contribution < -0.4 is 0 Å². The van der Waals surface area contributed by atoms with Crippen molar-refractivity contribution in [2.24, 2.45) is 0 Å². The predicted molar refractivity (Wildman–Crippen MR) is 67.5 cm³/mol. The van der Waals surface area contributed by atoms with Crippen LogP contribution in [0.25, 0.3) is 0 Å². The minimum Gasteiger partial charge on any atom is -0.435 e. The number of hydrogen-bond donors (Lipinski definition) is 0. The molecule has 0 radical (unpaired) electrons. The van der Waals surface area contributed by atoms with Crippen LogP contribution in [0.5, 0.6) is 0 Å². The van der Waals surface area contributed by atoms with Gasteiger partial charge in [-0.3, -0.25) is 4.79 Å². The molecule has 0 bridgehead atoms. The topological polar surface area (TPSA) is 26.3 Å². The first-order valence-corrected chi connectivity index (χ1v) is 9.01. The van der Waals surface area contributed by atoms with Gasteiger partial charge in [-0.15, -0.1) is 0 Å². The zero-order chi connectivity index (χ0) is 12.1. The third-order valence-corrected chi connectivity index (χ3v) is 7.74. The Morgan fingerprint density at radius 3 is 2.33 bits per heavy atom. The molecule has 0 aliphatic heterocycles. The molecule has 88 valence electrons. The zero-order valence-electron chi connectivity index (χ0n) is 10.7. The zero-order valence-corrected chi connectivity index (χ0v) is 11.7. The Bertz CT molecular complexity index is 226. The minimum absolute atomic E-state index is 0.170. The van der Waals surface area contributed by atoms with Gasteiger partial charge < -0.3 is 4.74 Å². The lowest BCUT2D eigenvalue weighted by molar-refractivity contribution is -0.138. The van der Waals surface area contributed by atoms with Crippen LogP contribution in [0.4, 0.5) is 0 Å². The van der Waals surface area contributed by atoms with Gasteiger partial charge >= 0.3 is 5.97 Å². The van der Waals surface area contributed by atoms with Gasteiger partial charge in [0.2, 0.25) is 0 Å².